The molecule has 0 bridgehead atoms. The third-order valence-electron chi connectivity index (χ3n) is 3.29. The molecule has 1 heterocycles. The molecule has 5 nitrogen and oxygen atoms in total. The van der Waals surface area contributed by atoms with Crippen molar-refractivity contribution in [3.8, 4) is 11.4 Å². The Morgan fingerprint density at radius 1 is 1.08 bits per heavy atom. The number of ether oxygens (including phenoxy) is 1. The molecule has 0 amide bonds. The molecule has 0 fully saturated rings. The lowest BCUT2D eigenvalue weighted by Gasteiger charge is -2.09. The highest BCUT2D eigenvalue weighted by atomic mass is 35.5. The maximum atomic E-state index is 12.2. The van der Waals surface area contributed by atoms with Crippen molar-refractivity contribution >= 4 is 29.4 Å². The zero-order chi connectivity index (χ0) is 18.7. The van der Waals surface area contributed by atoms with Gasteiger partial charge in [0.05, 0.1) is 16.4 Å². The van der Waals surface area contributed by atoms with Crippen molar-refractivity contribution in [2.24, 2.45) is 0 Å². The summed E-state index contributed by atoms with van der Waals surface area (Å²) in [6, 6.07) is 10.5. The Bertz CT molecular complexity index is 936. The molecule has 3 aromatic rings. The van der Waals surface area contributed by atoms with E-state index < -0.39 is 6.36 Å². The second-order valence-corrected chi connectivity index (χ2v) is 5.61. The predicted molar refractivity (Wildman–Crippen MR) is 92.8 cm³/mol. The quantitative estimate of drug-likeness (QED) is 0.673. The smallest absolute Gasteiger partial charge is 0.406 e. The molecule has 1 aromatic heterocycles. The zero-order valence-electron chi connectivity index (χ0n) is 13.1. The lowest BCUT2D eigenvalue weighted by atomic mass is 10.2. The molecular formula is C17H12ClF3N4O. The Morgan fingerprint density at radius 3 is 2.46 bits per heavy atom. The van der Waals surface area contributed by atoms with Gasteiger partial charge in [-0.15, -0.1) is 18.3 Å². The van der Waals surface area contributed by atoms with Gasteiger partial charge in [0.2, 0.25) is 0 Å². The molecule has 9 heteroatoms. The molecule has 0 atom stereocenters. The monoisotopic (exact) mass is 380 g/mol. The van der Waals surface area contributed by atoms with E-state index in [0.29, 0.717) is 22.2 Å². The highest BCUT2D eigenvalue weighted by Crippen LogP contribution is 2.24. The van der Waals surface area contributed by atoms with E-state index in [9.17, 15) is 13.2 Å². The SMILES string of the molecule is Nc1ccc(C=Cc2ncn(-c3ccc(OC(F)(F)F)cc3)n2)cc1Cl. The van der Waals surface area contributed by atoms with E-state index in [-0.39, 0.29) is 5.75 Å². The van der Waals surface area contributed by atoms with Crippen LogP contribution in [-0.2, 0) is 0 Å². The minimum atomic E-state index is -4.72. The fourth-order valence-electron chi connectivity index (χ4n) is 2.09. The molecule has 0 unspecified atom stereocenters. The van der Waals surface area contributed by atoms with Gasteiger partial charge >= 0.3 is 6.36 Å². The number of aromatic nitrogens is 3. The first-order valence-corrected chi connectivity index (χ1v) is 7.69. The number of alkyl halides is 3. The third kappa shape index (κ3) is 4.54. The van der Waals surface area contributed by atoms with Gasteiger partial charge in [-0.1, -0.05) is 23.7 Å². The van der Waals surface area contributed by atoms with Gasteiger partial charge in [-0.05, 0) is 48.0 Å². The number of nitrogen functional groups attached to an aromatic ring is 1. The number of rotatable bonds is 4. The van der Waals surface area contributed by atoms with Gasteiger partial charge in [-0.3, -0.25) is 0 Å². The minimum Gasteiger partial charge on any atom is -0.406 e. The summed E-state index contributed by atoms with van der Waals surface area (Å²) in [5.74, 6) is 0.121. The number of hydrogen-bond donors (Lipinski definition) is 1. The summed E-state index contributed by atoms with van der Waals surface area (Å²) in [6.07, 6.45) is 0.178. The molecule has 2 N–H and O–H groups in total. The fraction of sp³-hybridized carbons (Fsp3) is 0.0588. The van der Waals surface area contributed by atoms with Gasteiger partial charge in [0.15, 0.2) is 5.82 Å². The summed E-state index contributed by atoms with van der Waals surface area (Å²) in [5.41, 5.74) is 7.51. The lowest BCUT2D eigenvalue weighted by molar-refractivity contribution is -0.274. The van der Waals surface area contributed by atoms with Crippen LogP contribution in [0.1, 0.15) is 11.4 Å². The Kier molecular flexibility index (Phi) is 4.85. The lowest BCUT2D eigenvalue weighted by Crippen LogP contribution is -2.17. The van der Waals surface area contributed by atoms with Gasteiger partial charge in [0, 0.05) is 0 Å². The summed E-state index contributed by atoms with van der Waals surface area (Å²) >= 11 is 5.96. The van der Waals surface area contributed by atoms with Crippen molar-refractivity contribution in [3.63, 3.8) is 0 Å². The van der Waals surface area contributed by atoms with Crippen molar-refractivity contribution in [1.29, 1.82) is 0 Å². The van der Waals surface area contributed by atoms with Crippen LogP contribution in [0.25, 0.3) is 17.8 Å². The number of nitrogens with zero attached hydrogens (tertiary/aromatic N) is 3. The average molecular weight is 381 g/mol. The van der Waals surface area contributed by atoms with Crippen LogP contribution in [0.5, 0.6) is 5.75 Å². The Hall–Kier alpha value is -3.00. The molecule has 0 aliphatic carbocycles. The summed E-state index contributed by atoms with van der Waals surface area (Å²) in [4.78, 5) is 4.13. The van der Waals surface area contributed by atoms with Crippen LogP contribution in [0.15, 0.2) is 48.8 Å². The van der Waals surface area contributed by atoms with Crippen molar-refractivity contribution in [1.82, 2.24) is 14.8 Å². The predicted octanol–water partition coefficient (Wildman–Crippen LogP) is 4.57. The molecule has 3 rings (SSSR count). The van der Waals surface area contributed by atoms with Gasteiger partial charge in [-0.2, -0.15) is 0 Å². The van der Waals surface area contributed by atoms with Gasteiger partial charge in [0.25, 0.3) is 0 Å². The molecular weight excluding hydrogens is 369 g/mol. The van der Waals surface area contributed by atoms with E-state index in [2.05, 4.69) is 14.8 Å². The van der Waals surface area contributed by atoms with E-state index in [1.165, 1.54) is 35.3 Å². The van der Waals surface area contributed by atoms with E-state index in [0.717, 1.165) is 5.56 Å². The molecule has 0 aliphatic heterocycles. The summed E-state index contributed by atoms with van der Waals surface area (Å²) < 4.78 is 41.8. The van der Waals surface area contributed by atoms with E-state index in [1.807, 2.05) is 0 Å². The van der Waals surface area contributed by atoms with Crippen LogP contribution < -0.4 is 10.5 Å². The molecule has 0 spiro atoms. The van der Waals surface area contributed by atoms with Gasteiger partial charge in [0.1, 0.15) is 12.1 Å². The van der Waals surface area contributed by atoms with Crippen molar-refractivity contribution in [3.05, 3.63) is 65.2 Å². The van der Waals surface area contributed by atoms with Crippen molar-refractivity contribution < 1.29 is 17.9 Å². The number of halogens is 4. The van der Waals surface area contributed by atoms with E-state index in [1.54, 1.807) is 30.4 Å². The molecule has 0 saturated carbocycles. The summed E-state index contributed by atoms with van der Waals surface area (Å²) in [7, 11) is 0. The summed E-state index contributed by atoms with van der Waals surface area (Å²) in [5, 5.41) is 4.69. The third-order valence-corrected chi connectivity index (χ3v) is 3.62. The first kappa shape index (κ1) is 17.8. The fourth-order valence-corrected chi connectivity index (χ4v) is 2.28. The molecule has 26 heavy (non-hydrogen) atoms. The Labute approximate surface area is 151 Å². The highest BCUT2D eigenvalue weighted by Gasteiger charge is 2.30. The largest absolute Gasteiger partial charge is 0.573 e. The second kappa shape index (κ2) is 7.09. The minimum absolute atomic E-state index is 0.304. The number of hydrogen-bond acceptors (Lipinski definition) is 4. The van der Waals surface area contributed by atoms with Crippen molar-refractivity contribution in [2.45, 2.75) is 6.36 Å². The standard InChI is InChI=1S/C17H12ClF3N4O/c18-14-9-11(1-7-15(14)22)2-8-16-23-10-25(24-16)12-3-5-13(6-4-12)26-17(19,20)21/h1-10H,22H2. The first-order chi connectivity index (χ1) is 12.3. The maximum Gasteiger partial charge on any atom is 0.573 e. The van der Waals surface area contributed by atoms with E-state index in [4.69, 9.17) is 17.3 Å². The van der Waals surface area contributed by atoms with Crippen LogP contribution in [0.4, 0.5) is 18.9 Å². The average Bonchev–Trinajstić information content (AvgIpc) is 3.04. The zero-order valence-corrected chi connectivity index (χ0v) is 13.9. The van der Waals surface area contributed by atoms with Crippen molar-refractivity contribution in [2.75, 3.05) is 5.73 Å². The maximum absolute atomic E-state index is 12.2. The van der Waals surface area contributed by atoms with Crippen LogP contribution in [0, 0.1) is 0 Å². The Balaban J connectivity index is 1.73. The highest BCUT2D eigenvalue weighted by molar-refractivity contribution is 6.33. The van der Waals surface area contributed by atoms with Crippen LogP contribution in [0.2, 0.25) is 5.02 Å². The van der Waals surface area contributed by atoms with Crippen LogP contribution in [-0.4, -0.2) is 21.1 Å². The van der Waals surface area contributed by atoms with Gasteiger partial charge in [-0.25, -0.2) is 9.67 Å². The Morgan fingerprint density at radius 2 is 1.81 bits per heavy atom. The number of anilines is 1. The topological polar surface area (TPSA) is 66.0 Å². The normalized spacial score (nSPS) is 11.8. The molecule has 134 valence electrons. The molecule has 0 saturated heterocycles. The molecule has 0 aliphatic rings. The van der Waals surface area contributed by atoms with Gasteiger partial charge < -0.3 is 10.5 Å². The van der Waals surface area contributed by atoms with E-state index >= 15 is 0 Å². The number of benzene rings is 2. The molecule has 0 radical (unpaired) electrons. The second-order valence-electron chi connectivity index (χ2n) is 5.20. The van der Waals surface area contributed by atoms with Crippen LogP contribution in [0.3, 0.4) is 0 Å². The molecule has 2 aromatic carbocycles. The summed E-state index contributed by atoms with van der Waals surface area (Å²) in [6.45, 7) is 0. The van der Waals surface area contributed by atoms with Crippen LogP contribution >= 0.6 is 11.6 Å². The number of nitrogens with two attached hydrogens (primary N) is 1. The first-order valence-electron chi connectivity index (χ1n) is 7.31.